The average Bonchev–Trinajstić information content (AvgIpc) is 2.12. The van der Waals surface area contributed by atoms with Crippen LogP contribution in [-0.2, 0) is 0 Å². The van der Waals surface area contributed by atoms with Crippen LogP contribution in [0.3, 0.4) is 0 Å². The van der Waals surface area contributed by atoms with E-state index in [-0.39, 0.29) is 11.2 Å². The summed E-state index contributed by atoms with van der Waals surface area (Å²) in [6, 6.07) is 3.15. The van der Waals surface area contributed by atoms with Crippen molar-refractivity contribution in [2.45, 2.75) is 0 Å². The molecule has 0 aliphatic rings. The summed E-state index contributed by atoms with van der Waals surface area (Å²) in [5.41, 5.74) is 0.407. The highest BCUT2D eigenvalue weighted by Gasteiger charge is 2.11. The first-order valence-corrected chi connectivity index (χ1v) is 3.35. The predicted octanol–water partition coefficient (Wildman–Crippen LogP) is -0.498. The molecule has 2 rings (SSSR count). The number of fused-ring (bicyclic) bond motifs is 1. The van der Waals surface area contributed by atoms with Gasteiger partial charge < -0.3 is 10.4 Å². The van der Waals surface area contributed by atoms with Gasteiger partial charge in [0.2, 0.25) is 6.20 Å². The zero-order valence-corrected chi connectivity index (χ0v) is 6.04. The van der Waals surface area contributed by atoms with Gasteiger partial charge in [0.15, 0.2) is 6.20 Å². The molecule has 0 saturated heterocycles. The van der Waals surface area contributed by atoms with Gasteiger partial charge >= 0.3 is 11.2 Å². The van der Waals surface area contributed by atoms with Crippen LogP contribution in [0, 0.1) is 10.4 Å². The van der Waals surface area contributed by atoms with Gasteiger partial charge in [0.25, 0.3) is 0 Å². The number of aromatic nitrogens is 3. The van der Waals surface area contributed by atoms with E-state index in [1.54, 1.807) is 12.1 Å². The quantitative estimate of drug-likeness (QED) is 0.388. The molecule has 0 atom stereocenters. The molecule has 2 aromatic rings. The van der Waals surface area contributed by atoms with Crippen LogP contribution in [0.4, 0.5) is 0 Å². The van der Waals surface area contributed by atoms with Gasteiger partial charge in [-0.05, 0) is 11.1 Å². The largest absolute Gasteiger partial charge is 0.710 e. The van der Waals surface area contributed by atoms with Gasteiger partial charge in [0.1, 0.15) is 6.20 Å². The summed E-state index contributed by atoms with van der Waals surface area (Å²) in [7, 11) is 0. The molecular weight excluding hydrogens is 158 g/mol. The van der Waals surface area contributed by atoms with Gasteiger partial charge in [-0.1, -0.05) is 0 Å². The fraction of sp³-hybridized carbons (Fsp3) is 0. The predicted molar refractivity (Wildman–Crippen MR) is 39.7 cm³/mol. The number of rotatable bonds is 0. The molecule has 5 nitrogen and oxygen atoms in total. The third-order valence-corrected chi connectivity index (χ3v) is 1.55. The molecule has 5 heteroatoms. The SMILES string of the molecule is [O-][n+]1cc[n+]([O-])c2ncccc21. The number of hydrogen-bond acceptors (Lipinski definition) is 3. The van der Waals surface area contributed by atoms with E-state index in [4.69, 9.17) is 0 Å². The van der Waals surface area contributed by atoms with E-state index in [9.17, 15) is 10.4 Å². The molecule has 0 aromatic carbocycles. The van der Waals surface area contributed by atoms with Crippen molar-refractivity contribution in [3.63, 3.8) is 0 Å². The summed E-state index contributed by atoms with van der Waals surface area (Å²) in [6.45, 7) is 0. The Morgan fingerprint density at radius 2 is 1.92 bits per heavy atom. The van der Waals surface area contributed by atoms with Gasteiger partial charge in [-0.25, -0.2) is 4.73 Å². The summed E-state index contributed by atoms with van der Waals surface area (Å²) in [5.74, 6) is 0. The topological polar surface area (TPSA) is 66.8 Å². The summed E-state index contributed by atoms with van der Waals surface area (Å²) >= 11 is 0. The molecule has 0 spiro atoms. The summed E-state index contributed by atoms with van der Waals surface area (Å²) in [6.07, 6.45) is 3.75. The Hall–Kier alpha value is -1.91. The first kappa shape index (κ1) is 6.78. The molecule has 0 unspecified atom stereocenters. The second-order valence-electron chi connectivity index (χ2n) is 2.30. The summed E-state index contributed by atoms with van der Waals surface area (Å²) in [4.78, 5) is 3.77. The molecule has 0 fully saturated rings. The molecule has 2 aromatic heterocycles. The van der Waals surface area contributed by atoms with E-state index < -0.39 is 0 Å². The van der Waals surface area contributed by atoms with E-state index in [1.165, 1.54) is 6.20 Å². The molecule has 0 bridgehead atoms. The maximum absolute atomic E-state index is 11.1. The number of hydrogen-bond donors (Lipinski definition) is 0. The number of pyridine rings is 1. The van der Waals surface area contributed by atoms with E-state index in [0.29, 0.717) is 9.46 Å². The normalized spacial score (nSPS) is 10.3. The third kappa shape index (κ3) is 0.833. The minimum atomic E-state index is 0.134. The second kappa shape index (κ2) is 2.30. The molecular formula is C7H5N3O2. The van der Waals surface area contributed by atoms with Crippen molar-refractivity contribution >= 4 is 11.2 Å². The highest BCUT2D eigenvalue weighted by molar-refractivity contribution is 5.61. The molecule has 0 aliphatic carbocycles. The Kier molecular flexibility index (Phi) is 1.30. The fourth-order valence-electron chi connectivity index (χ4n) is 1.00. The Bertz CT molecular complexity index is 389. The van der Waals surface area contributed by atoms with Crippen LogP contribution in [0.25, 0.3) is 11.2 Å². The second-order valence-corrected chi connectivity index (χ2v) is 2.30. The Balaban J connectivity index is 2.95. The van der Waals surface area contributed by atoms with Crippen LogP contribution in [-0.4, -0.2) is 4.98 Å². The minimum Gasteiger partial charge on any atom is -0.710 e. The van der Waals surface area contributed by atoms with Crippen molar-refractivity contribution in [3.8, 4) is 0 Å². The van der Waals surface area contributed by atoms with Crippen molar-refractivity contribution in [1.29, 1.82) is 0 Å². The zero-order valence-electron chi connectivity index (χ0n) is 6.04. The highest BCUT2D eigenvalue weighted by atomic mass is 16.5. The third-order valence-electron chi connectivity index (χ3n) is 1.55. The molecule has 60 valence electrons. The molecule has 0 N–H and O–H groups in total. The van der Waals surface area contributed by atoms with Crippen LogP contribution >= 0.6 is 0 Å². The van der Waals surface area contributed by atoms with Crippen LogP contribution in [0.2, 0.25) is 0 Å². The van der Waals surface area contributed by atoms with Gasteiger partial charge in [0, 0.05) is 6.07 Å². The Morgan fingerprint density at radius 3 is 2.67 bits per heavy atom. The highest BCUT2D eigenvalue weighted by Crippen LogP contribution is 1.97. The van der Waals surface area contributed by atoms with Gasteiger partial charge in [-0.15, -0.1) is 0 Å². The molecule has 0 radical (unpaired) electrons. The molecule has 0 amide bonds. The van der Waals surface area contributed by atoms with E-state index >= 15 is 0 Å². The smallest absolute Gasteiger partial charge is 0.400 e. The molecule has 0 saturated carbocycles. The maximum Gasteiger partial charge on any atom is 0.400 e. The lowest BCUT2D eigenvalue weighted by atomic mass is 10.4. The fourth-order valence-corrected chi connectivity index (χ4v) is 1.00. The lowest BCUT2D eigenvalue weighted by Gasteiger charge is -2.02. The van der Waals surface area contributed by atoms with Crippen molar-refractivity contribution in [2.75, 3.05) is 0 Å². The average molecular weight is 163 g/mol. The van der Waals surface area contributed by atoms with Gasteiger partial charge in [-0.2, -0.15) is 4.73 Å². The Morgan fingerprint density at radius 1 is 1.17 bits per heavy atom. The lowest BCUT2D eigenvalue weighted by molar-refractivity contribution is -0.630. The first-order valence-electron chi connectivity index (χ1n) is 3.35. The van der Waals surface area contributed by atoms with Gasteiger partial charge in [0.05, 0.1) is 0 Å². The maximum atomic E-state index is 11.1. The van der Waals surface area contributed by atoms with Crippen molar-refractivity contribution in [1.82, 2.24) is 4.98 Å². The van der Waals surface area contributed by atoms with Crippen molar-refractivity contribution in [3.05, 3.63) is 41.1 Å². The Labute approximate surface area is 67.7 Å². The van der Waals surface area contributed by atoms with Crippen molar-refractivity contribution in [2.24, 2.45) is 0 Å². The van der Waals surface area contributed by atoms with Crippen LogP contribution in [0.15, 0.2) is 30.7 Å². The summed E-state index contributed by atoms with van der Waals surface area (Å²) < 4.78 is 1.17. The lowest BCUT2D eigenvalue weighted by Crippen LogP contribution is -2.37. The standard InChI is InChI=1S/C7H5N3O2/c11-9-4-5-10(12)7-6(9)2-1-3-8-7/h1-5H. The first-order chi connectivity index (χ1) is 5.79. The van der Waals surface area contributed by atoms with Crippen LogP contribution in [0.5, 0.6) is 0 Å². The monoisotopic (exact) mass is 163 g/mol. The van der Waals surface area contributed by atoms with Gasteiger partial charge in [-0.3, -0.25) is 0 Å². The molecule has 12 heavy (non-hydrogen) atoms. The van der Waals surface area contributed by atoms with E-state index in [2.05, 4.69) is 4.98 Å². The number of nitrogens with zero attached hydrogens (tertiary/aromatic N) is 3. The van der Waals surface area contributed by atoms with E-state index in [0.717, 1.165) is 12.4 Å². The van der Waals surface area contributed by atoms with E-state index in [1.807, 2.05) is 0 Å². The zero-order chi connectivity index (χ0) is 8.55. The van der Waals surface area contributed by atoms with Crippen molar-refractivity contribution < 1.29 is 9.46 Å². The molecule has 2 heterocycles. The summed E-state index contributed by atoms with van der Waals surface area (Å²) in [5, 5.41) is 22.1. The van der Waals surface area contributed by atoms with Crippen LogP contribution < -0.4 is 9.46 Å². The minimum absolute atomic E-state index is 0.134. The molecule has 0 aliphatic heterocycles. The van der Waals surface area contributed by atoms with Crippen LogP contribution in [0.1, 0.15) is 0 Å².